The van der Waals surface area contributed by atoms with E-state index in [1.54, 1.807) is 0 Å². The van der Waals surface area contributed by atoms with Gasteiger partial charge < -0.3 is 15.3 Å². The van der Waals surface area contributed by atoms with E-state index in [0.717, 1.165) is 47.1 Å². The second-order valence-corrected chi connectivity index (χ2v) is 10.9. The Morgan fingerprint density at radius 1 is 0.848 bits per heavy atom. The van der Waals surface area contributed by atoms with Crippen molar-refractivity contribution in [2.45, 2.75) is 104 Å². The van der Waals surface area contributed by atoms with Gasteiger partial charge in [-0.05, 0) is 97.1 Å². The highest BCUT2D eigenvalue weighted by molar-refractivity contribution is 5.49. The molecule has 1 aliphatic carbocycles. The van der Waals surface area contributed by atoms with Gasteiger partial charge in [0.15, 0.2) is 0 Å². The van der Waals surface area contributed by atoms with Gasteiger partial charge >= 0.3 is 0 Å². The molecule has 0 amide bonds. The van der Waals surface area contributed by atoms with Crippen LogP contribution in [0.5, 0.6) is 11.5 Å². The Bertz CT molecular complexity index is 901. The molecule has 2 aromatic carbocycles. The first-order chi connectivity index (χ1) is 15.7. The summed E-state index contributed by atoms with van der Waals surface area (Å²) in [4.78, 5) is 0. The minimum Gasteiger partial charge on any atom is -0.507 e. The quantitative estimate of drug-likeness (QED) is 0.373. The molecule has 2 unspecified atom stereocenters. The predicted octanol–water partition coefficient (Wildman–Crippen LogP) is 7.33. The molecule has 0 aromatic heterocycles. The van der Waals surface area contributed by atoms with Crippen LogP contribution in [-0.2, 0) is 12.8 Å². The Labute approximate surface area is 200 Å². The highest BCUT2D eigenvalue weighted by Gasteiger charge is 2.21. The Morgan fingerprint density at radius 3 is 2.06 bits per heavy atom. The van der Waals surface area contributed by atoms with E-state index in [2.05, 4.69) is 32.9 Å². The maximum absolute atomic E-state index is 11.2. The third-order valence-electron chi connectivity index (χ3n) is 7.68. The van der Waals surface area contributed by atoms with E-state index < -0.39 is 0 Å². The molecule has 2 aromatic rings. The van der Waals surface area contributed by atoms with E-state index in [9.17, 15) is 15.3 Å². The molecule has 33 heavy (non-hydrogen) atoms. The third kappa shape index (κ3) is 6.53. The molecule has 1 aliphatic rings. The number of aromatic hydroxyl groups is 2. The molecular weight excluding hydrogens is 408 g/mol. The molecule has 0 heterocycles. The Hall–Kier alpha value is -2.00. The molecule has 3 heteroatoms. The number of phenolic OH excluding ortho intramolecular Hbond substituents is 2. The van der Waals surface area contributed by atoms with E-state index in [1.165, 1.54) is 37.7 Å². The SMILES string of the molecule is Cc1cc(Cc2cc(C3CCCCC3)cc(CCCC(C)C(O)C(C)C)c2O)cc(C)c1O. The normalized spacial score (nSPS) is 16.8. The topological polar surface area (TPSA) is 60.7 Å². The van der Waals surface area contributed by atoms with Crippen molar-refractivity contribution >= 4 is 0 Å². The fraction of sp³-hybridized carbons (Fsp3) is 0.600. The number of hydrogen-bond donors (Lipinski definition) is 3. The van der Waals surface area contributed by atoms with Crippen LogP contribution in [0.15, 0.2) is 24.3 Å². The summed E-state index contributed by atoms with van der Waals surface area (Å²) in [5.41, 5.74) is 6.30. The van der Waals surface area contributed by atoms with Crippen molar-refractivity contribution in [3.8, 4) is 11.5 Å². The lowest BCUT2D eigenvalue weighted by Gasteiger charge is -2.25. The lowest BCUT2D eigenvalue weighted by Crippen LogP contribution is -2.23. The van der Waals surface area contributed by atoms with Gasteiger partial charge in [0.2, 0.25) is 0 Å². The number of phenols is 2. The van der Waals surface area contributed by atoms with Crippen LogP contribution < -0.4 is 0 Å². The number of hydrogen-bond acceptors (Lipinski definition) is 3. The van der Waals surface area contributed by atoms with Crippen molar-refractivity contribution in [1.82, 2.24) is 0 Å². The predicted molar refractivity (Wildman–Crippen MR) is 137 cm³/mol. The van der Waals surface area contributed by atoms with Gasteiger partial charge in [0.05, 0.1) is 6.10 Å². The summed E-state index contributed by atoms with van der Waals surface area (Å²) in [6.07, 6.45) is 9.53. The zero-order chi connectivity index (χ0) is 24.1. The van der Waals surface area contributed by atoms with E-state index in [-0.39, 0.29) is 17.9 Å². The summed E-state index contributed by atoms with van der Waals surface area (Å²) < 4.78 is 0. The third-order valence-corrected chi connectivity index (χ3v) is 7.68. The Kier molecular flexibility index (Phi) is 8.87. The van der Waals surface area contributed by atoms with Crippen LogP contribution in [0.1, 0.15) is 105 Å². The highest BCUT2D eigenvalue weighted by Crippen LogP contribution is 2.38. The van der Waals surface area contributed by atoms with Gasteiger partial charge in [0.25, 0.3) is 0 Å². The lowest BCUT2D eigenvalue weighted by molar-refractivity contribution is 0.0676. The molecule has 1 fully saturated rings. The zero-order valence-electron chi connectivity index (χ0n) is 21.3. The summed E-state index contributed by atoms with van der Waals surface area (Å²) >= 11 is 0. The molecule has 0 spiro atoms. The molecule has 0 radical (unpaired) electrons. The van der Waals surface area contributed by atoms with Crippen molar-refractivity contribution in [2.75, 3.05) is 0 Å². The number of aryl methyl sites for hydroxylation is 3. The largest absolute Gasteiger partial charge is 0.507 e. The van der Waals surface area contributed by atoms with Crippen LogP contribution in [0, 0.1) is 25.7 Å². The zero-order valence-corrected chi connectivity index (χ0v) is 21.3. The second-order valence-electron chi connectivity index (χ2n) is 10.9. The fourth-order valence-electron chi connectivity index (χ4n) is 5.59. The summed E-state index contributed by atoms with van der Waals surface area (Å²) in [5.74, 6) is 1.90. The minimum atomic E-state index is -0.274. The smallest absolute Gasteiger partial charge is 0.122 e. The van der Waals surface area contributed by atoms with Gasteiger partial charge in [-0.15, -0.1) is 0 Å². The van der Waals surface area contributed by atoms with E-state index in [1.807, 2.05) is 26.0 Å². The van der Waals surface area contributed by atoms with Crippen molar-refractivity contribution < 1.29 is 15.3 Å². The van der Waals surface area contributed by atoms with Crippen LogP contribution in [0.2, 0.25) is 0 Å². The van der Waals surface area contributed by atoms with Crippen molar-refractivity contribution in [1.29, 1.82) is 0 Å². The molecule has 0 aliphatic heterocycles. The van der Waals surface area contributed by atoms with Gasteiger partial charge in [-0.2, -0.15) is 0 Å². The van der Waals surface area contributed by atoms with Crippen molar-refractivity contribution in [3.05, 3.63) is 57.6 Å². The lowest BCUT2D eigenvalue weighted by atomic mass is 9.81. The second kappa shape index (κ2) is 11.4. The van der Waals surface area contributed by atoms with E-state index >= 15 is 0 Å². The molecule has 2 atom stereocenters. The van der Waals surface area contributed by atoms with E-state index in [0.29, 0.717) is 23.8 Å². The monoisotopic (exact) mass is 452 g/mol. The van der Waals surface area contributed by atoms with Crippen LogP contribution in [0.4, 0.5) is 0 Å². The molecule has 3 rings (SSSR count). The molecule has 182 valence electrons. The van der Waals surface area contributed by atoms with Gasteiger partial charge in [-0.1, -0.05) is 64.3 Å². The highest BCUT2D eigenvalue weighted by atomic mass is 16.3. The molecular formula is C30H44O3. The summed E-state index contributed by atoms with van der Waals surface area (Å²) in [7, 11) is 0. The van der Waals surface area contributed by atoms with Gasteiger partial charge in [0, 0.05) is 6.42 Å². The van der Waals surface area contributed by atoms with Gasteiger partial charge in [0.1, 0.15) is 11.5 Å². The summed E-state index contributed by atoms with van der Waals surface area (Å²) in [6, 6.07) is 8.55. The number of aliphatic hydroxyl groups is 1. The summed E-state index contributed by atoms with van der Waals surface area (Å²) in [6.45, 7) is 10.1. The number of benzene rings is 2. The first-order valence-corrected chi connectivity index (χ1v) is 13.0. The first kappa shape index (κ1) is 25.6. The Balaban J connectivity index is 1.85. The van der Waals surface area contributed by atoms with Crippen LogP contribution in [0.25, 0.3) is 0 Å². The Morgan fingerprint density at radius 2 is 1.45 bits per heavy atom. The van der Waals surface area contributed by atoms with Crippen molar-refractivity contribution in [3.63, 3.8) is 0 Å². The number of aliphatic hydroxyl groups excluding tert-OH is 1. The molecule has 0 bridgehead atoms. The van der Waals surface area contributed by atoms with Crippen LogP contribution in [0.3, 0.4) is 0 Å². The first-order valence-electron chi connectivity index (χ1n) is 13.0. The molecule has 3 nitrogen and oxygen atoms in total. The van der Waals surface area contributed by atoms with Gasteiger partial charge in [-0.25, -0.2) is 0 Å². The molecule has 1 saturated carbocycles. The molecule has 0 saturated heterocycles. The average molecular weight is 453 g/mol. The van der Waals surface area contributed by atoms with Crippen LogP contribution >= 0.6 is 0 Å². The van der Waals surface area contributed by atoms with E-state index in [4.69, 9.17) is 0 Å². The van der Waals surface area contributed by atoms with Crippen LogP contribution in [-0.4, -0.2) is 21.4 Å². The standard InChI is InChI=1S/C30H44O3/c1-19(2)28(31)20(3)10-9-13-25-17-26(24-11-7-6-8-12-24)18-27(30(25)33)16-23-14-21(4)29(32)22(5)15-23/h14-15,17-20,24,28,31-33H,6-13,16H2,1-5H3. The number of rotatable bonds is 9. The average Bonchev–Trinajstić information content (AvgIpc) is 2.79. The fourth-order valence-corrected chi connectivity index (χ4v) is 5.59. The van der Waals surface area contributed by atoms with Gasteiger partial charge in [-0.3, -0.25) is 0 Å². The van der Waals surface area contributed by atoms with Crippen molar-refractivity contribution in [2.24, 2.45) is 11.8 Å². The molecule has 3 N–H and O–H groups in total. The maximum Gasteiger partial charge on any atom is 0.122 e. The maximum atomic E-state index is 11.2. The minimum absolute atomic E-state index is 0.260. The summed E-state index contributed by atoms with van der Waals surface area (Å²) in [5, 5.41) is 31.8.